The van der Waals surface area contributed by atoms with Crippen LogP contribution in [0.2, 0.25) is 0 Å². The van der Waals surface area contributed by atoms with Gasteiger partial charge >= 0.3 is 0 Å². The van der Waals surface area contributed by atoms with Gasteiger partial charge in [-0.15, -0.1) is 5.10 Å². The number of nitrogens with zero attached hydrogens (tertiary/aromatic N) is 4. The molecule has 1 aromatic carbocycles. The predicted octanol–water partition coefficient (Wildman–Crippen LogP) is 4.70. The number of rotatable bonds is 8. The minimum atomic E-state index is -1.16. The Bertz CT molecular complexity index is 1320. The summed E-state index contributed by atoms with van der Waals surface area (Å²) in [6, 6.07) is 7.52. The minimum absolute atomic E-state index is 0.0183. The van der Waals surface area contributed by atoms with Crippen LogP contribution >= 0.6 is 0 Å². The molecule has 2 saturated carbocycles. The van der Waals surface area contributed by atoms with Crippen LogP contribution in [-0.2, 0) is 4.79 Å². The highest BCUT2D eigenvalue weighted by molar-refractivity contribution is 5.87. The van der Waals surface area contributed by atoms with Crippen molar-refractivity contribution in [2.45, 2.75) is 57.3 Å². The van der Waals surface area contributed by atoms with Gasteiger partial charge in [-0.25, -0.2) is 14.4 Å². The standard InChI is InChI=1S/C25H31FN8O2/c1-24(22(35)29-16-12-25(2,26)13-16)10-15(11-24)30-23-31-21(36-4)20-17(7-8-34(20)33-23)14-5-6-18(32-27)19(9-14)28-3/h5-9,15-16,27-28H,10-13H2,1-4H3,(H,29,35)(H,30,33). The number of fused-ring (bicyclic) bond motifs is 1. The molecule has 5 rings (SSSR count). The maximum Gasteiger partial charge on any atom is 0.244 e. The lowest BCUT2D eigenvalue weighted by Gasteiger charge is -2.46. The molecule has 4 N–H and O–H groups in total. The van der Waals surface area contributed by atoms with Crippen molar-refractivity contribution in [3.8, 4) is 17.0 Å². The molecule has 0 radical (unpaired) electrons. The van der Waals surface area contributed by atoms with E-state index in [1.54, 1.807) is 31.7 Å². The van der Waals surface area contributed by atoms with E-state index in [0.717, 1.165) is 22.3 Å². The van der Waals surface area contributed by atoms with Crippen molar-refractivity contribution in [1.29, 1.82) is 5.53 Å². The molecule has 2 aliphatic carbocycles. The average Bonchev–Trinajstić information content (AvgIpc) is 3.24. The largest absolute Gasteiger partial charge is 0.479 e. The Hall–Kier alpha value is -3.76. The van der Waals surface area contributed by atoms with Gasteiger partial charge in [-0.2, -0.15) is 10.1 Å². The Morgan fingerprint density at radius 1 is 1.22 bits per heavy atom. The fraction of sp³-hybridized carbons (Fsp3) is 0.480. The number of alkyl halides is 1. The summed E-state index contributed by atoms with van der Waals surface area (Å²) < 4.78 is 21.1. The molecule has 190 valence electrons. The number of carbonyl (C=O) groups excluding carboxylic acids is 1. The van der Waals surface area contributed by atoms with Gasteiger partial charge in [0.25, 0.3) is 0 Å². The second kappa shape index (κ2) is 8.72. The molecule has 2 heterocycles. The number of aromatic nitrogens is 3. The lowest BCUT2D eigenvalue weighted by molar-refractivity contribution is -0.137. The van der Waals surface area contributed by atoms with E-state index < -0.39 is 11.1 Å². The fourth-order valence-electron chi connectivity index (χ4n) is 5.36. The molecule has 3 aromatic rings. The maximum atomic E-state index is 13.7. The first-order valence-corrected chi connectivity index (χ1v) is 12.0. The quantitative estimate of drug-likeness (QED) is 0.336. The third kappa shape index (κ3) is 4.22. The Labute approximate surface area is 208 Å². The summed E-state index contributed by atoms with van der Waals surface area (Å²) in [5.74, 6) is 0.822. The van der Waals surface area contributed by atoms with Crippen molar-refractivity contribution in [2.24, 2.45) is 10.5 Å². The molecule has 36 heavy (non-hydrogen) atoms. The summed E-state index contributed by atoms with van der Waals surface area (Å²) >= 11 is 0. The van der Waals surface area contributed by atoms with Crippen LogP contribution < -0.4 is 20.7 Å². The number of hydrogen-bond acceptors (Lipinski definition) is 8. The van der Waals surface area contributed by atoms with Crippen LogP contribution in [0.4, 0.5) is 21.7 Å². The number of anilines is 2. The van der Waals surface area contributed by atoms with Crippen molar-refractivity contribution in [3.05, 3.63) is 30.5 Å². The van der Waals surface area contributed by atoms with Gasteiger partial charge in [0.15, 0.2) is 0 Å². The van der Waals surface area contributed by atoms with E-state index in [1.807, 2.05) is 31.3 Å². The van der Waals surface area contributed by atoms with Gasteiger partial charge < -0.3 is 20.7 Å². The molecular weight excluding hydrogens is 463 g/mol. The lowest BCUT2D eigenvalue weighted by Crippen LogP contribution is -2.58. The van der Waals surface area contributed by atoms with Crippen LogP contribution in [-0.4, -0.2) is 52.4 Å². The summed E-state index contributed by atoms with van der Waals surface area (Å²) in [6.07, 6.45) is 3.88. The zero-order valence-electron chi connectivity index (χ0n) is 20.9. The van der Waals surface area contributed by atoms with Crippen LogP contribution in [0.15, 0.2) is 35.6 Å². The summed E-state index contributed by atoms with van der Waals surface area (Å²) in [5, 5.41) is 17.5. The summed E-state index contributed by atoms with van der Waals surface area (Å²) in [4.78, 5) is 17.3. The number of hydrogen-bond donors (Lipinski definition) is 4. The number of carbonyl (C=O) groups is 1. The van der Waals surface area contributed by atoms with E-state index in [0.29, 0.717) is 43.2 Å². The van der Waals surface area contributed by atoms with E-state index in [9.17, 15) is 9.18 Å². The van der Waals surface area contributed by atoms with E-state index >= 15 is 0 Å². The number of halogens is 1. The van der Waals surface area contributed by atoms with Crippen LogP contribution in [0.3, 0.4) is 0 Å². The molecule has 0 atom stereocenters. The zero-order valence-corrected chi connectivity index (χ0v) is 20.9. The number of benzene rings is 1. The minimum Gasteiger partial charge on any atom is -0.479 e. The third-order valence-corrected chi connectivity index (χ3v) is 7.32. The maximum absolute atomic E-state index is 13.7. The van der Waals surface area contributed by atoms with Crippen molar-refractivity contribution in [1.82, 2.24) is 19.9 Å². The summed E-state index contributed by atoms with van der Waals surface area (Å²) in [7, 11) is 3.35. The van der Waals surface area contributed by atoms with Gasteiger partial charge in [-0.05, 0) is 43.5 Å². The van der Waals surface area contributed by atoms with Crippen LogP contribution in [0.25, 0.3) is 16.6 Å². The average molecular weight is 495 g/mol. The number of nitrogens with one attached hydrogen (secondary N) is 4. The highest BCUT2D eigenvalue weighted by Crippen LogP contribution is 2.44. The Morgan fingerprint density at radius 3 is 2.61 bits per heavy atom. The molecule has 0 unspecified atom stereocenters. The van der Waals surface area contributed by atoms with Crippen LogP contribution in [0.1, 0.15) is 39.5 Å². The topological polar surface area (TPSA) is 129 Å². The molecule has 0 spiro atoms. The second-order valence-electron chi connectivity index (χ2n) is 10.4. The van der Waals surface area contributed by atoms with E-state index in [1.165, 1.54) is 0 Å². The number of ether oxygens (including phenoxy) is 1. The first kappa shape index (κ1) is 24.0. The van der Waals surface area contributed by atoms with E-state index in [-0.39, 0.29) is 18.0 Å². The zero-order chi connectivity index (χ0) is 25.7. The predicted molar refractivity (Wildman–Crippen MR) is 135 cm³/mol. The van der Waals surface area contributed by atoms with Crippen molar-refractivity contribution in [3.63, 3.8) is 0 Å². The molecule has 2 fully saturated rings. The summed E-state index contributed by atoms with van der Waals surface area (Å²) in [6.45, 7) is 3.51. The van der Waals surface area contributed by atoms with E-state index in [4.69, 9.17) is 10.3 Å². The van der Waals surface area contributed by atoms with Crippen LogP contribution in [0, 0.1) is 10.9 Å². The molecular formula is C25H31FN8O2. The molecule has 0 aliphatic heterocycles. The van der Waals surface area contributed by atoms with Gasteiger partial charge in [0, 0.05) is 43.7 Å². The van der Waals surface area contributed by atoms with Crippen molar-refractivity contribution < 1.29 is 13.9 Å². The first-order chi connectivity index (χ1) is 17.1. The normalized spacial score (nSPS) is 27.0. The van der Waals surface area contributed by atoms with Gasteiger partial charge in [0.2, 0.25) is 17.7 Å². The Kier molecular flexibility index (Phi) is 5.80. The SMILES string of the molecule is CNc1cc(-c2ccn3nc(NC4CC(C)(C(=O)NC5CC(C)(F)C5)C4)nc(OC)c23)ccc1N=N. The van der Waals surface area contributed by atoms with Crippen molar-refractivity contribution in [2.75, 3.05) is 24.8 Å². The Balaban J connectivity index is 1.30. The molecule has 2 aromatic heterocycles. The molecule has 10 nitrogen and oxygen atoms in total. The molecule has 1 amide bonds. The van der Waals surface area contributed by atoms with Crippen LogP contribution in [0.5, 0.6) is 5.88 Å². The molecule has 0 saturated heterocycles. The second-order valence-corrected chi connectivity index (χ2v) is 10.4. The molecule has 0 bridgehead atoms. The lowest BCUT2D eigenvalue weighted by atomic mass is 9.65. The Morgan fingerprint density at radius 2 is 1.97 bits per heavy atom. The van der Waals surface area contributed by atoms with Gasteiger partial charge in [-0.3, -0.25) is 4.79 Å². The van der Waals surface area contributed by atoms with E-state index in [2.05, 4.69) is 31.1 Å². The van der Waals surface area contributed by atoms with Gasteiger partial charge in [0.05, 0.1) is 18.2 Å². The number of amides is 1. The smallest absolute Gasteiger partial charge is 0.244 e. The highest BCUT2D eigenvalue weighted by Gasteiger charge is 2.49. The number of methoxy groups -OCH3 is 1. The summed E-state index contributed by atoms with van der Waals surface area (Å²) in [5.41, 5.74) is 9.50. The monoisotopic (exact) mass is 494 g/mol. The molecule has 2 aliphatic rings. The highest BCUT2D eigenvalue weighted by atomic mass is 19.1. The molecule has 11 heteroatoms. The van der Waals surface area contributed by atoms with Gasteiger partial charge in [0.1, 0.15) is 16.9 Å². The van der Waals surface area contributed by atoms with Crippen molar-refractivity contribution >= 4 is 28.7 Å². The third-order valence-electron chi connectivity index (χ3n) is 7.32. The first-order valence-electron chi connectivity index (χ1n) is 12.0. The fourth-order valence-corrected chi connectivity index (χ4v) is 5.36. The van der Waals surface area contributed by atoms with Gasteiger partial charge in [-0.1, -0.05) is 13.0 Å².